The smallest absolute Gasteiger partial charge is 0.310 e. The molecule has 12 aromatic rings. The number of benzene rings is 12. The van der Waals surface area contributed by atoms with E-state index in [9.17, 15) is 4.79 Å². The number of para-hydroxylation sites is 5. The molecule has 0 N–H and O–H groups in total. The molecule has 0 spiro atoms. The molecule has 16 nitrogen and oxygen atoms in total. The average Bonchev–Trinajstić information content (AvgIpc) is 0.669. The number of ether oxygens (including phenoxy) is 9. The van der Waals surface area contributed by atoms with Gasteiger partial charge in [0.1, 0.15) is 80.4 Å². The summed E-state index contributed by atoms with van der Waals surface area (Å²) in [5, 5.41) is 2.54. The normalized spacial score (nSPS) is 12.8. The number of nitrogens with zero attached hydrogens (tertiary/aromatic N) is 2. The number of amides is 4. The van der Waals surface area contributed by atoms with E-state index in [1.807, 2.05) is 152 Å². The Kier molecular flexibility index (Phi) is 22.7. The largest absolute Gasteiger partial charge is 0.491 e. The summed E-state index contributed by atoms with van der Waals surface area (Å²) in [6.45, 7) is 20.1. The lowest BCUT2D eigenvalue weighted by molar-refractivity contribution is -0.142. The van der Waals surface area contributed by atoms with Crippen molar-refractivity contribution < 1.29 is 66.6 Å². The zero-order chi connectivity index (χ0) is 76.7. The molecule has 0 radical (unpaired) electrons. The van der Waals surface area contributed by atoms with Gasteiger partial charge in [-0.05, 0) is 144 Å². The molecule has 0 fully saturated rings. The van der Waals surface area contributed by atoms with Crippen LogP contribution in [0.25, 0.3) is 54.2 Å². The van der Waals surface area contributed by atoms with E-state index < -0.39 is 23.6 Å². The highest BCUT2D eigenvalue weighted by atomic mass is 16.5. The van der Waals surface area contributed by atoms with Crippen molar-refractivity contribution in [3.63, 3.8) is 0 Å². The Bertz CT molecular complexity index is 5290. The number of fused-ring (bicyclic) bond motifs is 2. The minimum atomic E-state index is -0.703. The van der Waals surface area contributed by atoms with Crippen molar-refractivity contribution in [2.45, 2.75) is 120 Å². The van der Waals surface area contributed by atoms with Gasteiger partial charge in [0.15, 0.2) is 0 Å². The van der Waals surface area contributed by atoms with Gasteiger partial charge in [-0.1, -0.05) is 210 Å². The molecule has 4 amide bonds. The highest BCUT2D eigenvalue weighted by Gasteiger charge is 2.45. The third-order valence-corrected chi connectivity index (χ3v) is 21.7. The zero-order valence-electron chi connectivity index (χ0n) is 63.9. The number of rotatable bonds is 34. The van der Waals surface area contributed by atoms with E-state index in [0.29, 0.717) is 81.7 Å². The SMILES string of the molecule is CCOC(=O)Cc1ccc(-c2cccc(Oc3cc4c5c(cc(Oc6ccccc6)c6c7c(Oc8ccccc8)cc8c9c(cc(Oc%10ccccc%10)c(c3c56)c97)C(=O)N(c3c(OCC(CC)CC)cccc3OCC(CC)CC)C8=O)C(=O)N(c3c(OCC(CC)CC)cccc3OCC(CC)CC)C4=O)c2)cc1. The Hall–Kier alpha value is -11.9. The molecule has 0 saturated heterocycles. The number of hydrogen-bond donors (Lipinski definition) is 0. The van der Waals surface area contributed by atoms with Gasteiger partial charge in [0.2, 0.25) is 0 Å². The molecule has 2 aliphatic rings. The predicted molar refractivity (Wildman–Crippen MR) is 433 cm³/mol. The maximum absolute atomic E-state index is 16.9. The Morgan fingerprint density at radius 1 is 0.300 bits per heavy atom. The molecule has 16 heteroatoms. The Labute approximate surface area is 642 Å². The van der Waals surface area contributed by atoms with Crippen LogP contribution < -0.4 is 47.7 Å². The minimum Gasteiger partial charge on any atom is -0.491 e. The molecule has 0 atom stereocenters. The standard InChI is InChI=1S/C94H92N2O14/c1-10-57(11-2)53-103-72-39-29-40-73(104-54-58(12-3)13-4)89(72)95-91(98)68-49-76(107-64-32-22-19-23-33-64)83-84-77(108-65-34-24-20-25-35-65)50-70-82-71(94(101)96(93(70)100)90-74(105-55-59(14-5)15-6)41-30-42-75(90)106-56-60(16-7)17-8)52-79(110-67-38-28-31-63(48-67)62-45-43-61(44-46-62)47-80(97)102-18-9)86(88(82)84)85-78(109-66-36-26-21-27-37-66)51-69(92(95)99)81(68)87(83)85/h19-46,48-52,57-60H,10-18,47,53-56H2,1-9H3. The summed E-state index contributed by atoms with van der Waals surface area (Å²) < 4.78 is 61.9. The van der Waals surface area contributed by atoms with E-state index >= 15 is 19.2 Å². The maximum Gasteiger partial charge on any atom is 0.310 e. The summed E-state index contributed by atoms with van der Waals surface area (Å²) >= 11 is 0. The zero-order valence-corrected chi connectivity index (χ0v) is 63.9. The van der Waals surface area contributed by atoms with Gasteiger partial charge in [0, 0.05) is 43.1 Å². The van der Waals surface area contributed by atoms with E-state index in [1.54, 1.807) is 55.5 Å². The Morgan fingerprint density at radius 3 is 0.909 bits per heavy atom. The van der Waals surface area contributed by atoms with Crippen LogP contribution in [0.3, 0.4) is 0 Å². The van der Waals surface area contributed by atoms with Crippen LogP contribution >= 0.6 is 0 Å². The van der Waals surface area contributed by atoms with Crippen LogP contribution in [0.1, 0.15) is 161 Å². The molecule has 0 bridgehead atoms. The fraction of sp³-hybridized carbons (Fsp3) is 0.287. The molecule has 0 unspecified atom stereocenters. The van der Waals surface area contributed by atoms with Crippen molar-refractivity contribution in [2.75, 3.05) is 42.8 Å². The van der Waals surface area contributed by atoms with Crippen molar-refractivity contribution >= 4 is 84.1 Å². The Balaban J connectivity index is 1.12. The fourth-order valence-electron chi connectivity index (χ4n) is 15.0. The molecule has 12 aromatic carbocycles. The second-order valence-electron chi connectivity index (χ2n) is 28.3. The van der Waals surface area contributed by atoms with Gasteiger partial charge in [-0.15, -0.1) is 0 Å². The van der Waals surface area contributed by atoms with Gasteiger partial charge in [-0.25, -0.2) is 9.80 Å². The van der Waals surface area contributed by atoms with E-state index in [4.69, 9.17) is 42.6 Å². The molecule has 14 rings (SSSR count). The molecule has 0 saturated carbocycles. The number of esters is 1. The van der Waals surface area contributed by atoms with E-state index in [-0.39, 0.29) is 133 Å². The first-order valence-corrected chi connectivity index (χ1v) is 38.9. The fourth-order valence-corrected chi connectivity index (χ4v) is 15.0. The monoisotopic (exact) mass is 1470 g/mol. The lowest BCUT2D eigenvalue weighted by Gasteiger charge is -2.34. The third-order valence-electron chi connectivity index (χ3n) is 21.7. The summed E-state index contributed by atoms with van der Waals surface area (Å²) in [5.41, 5.74) is 2.99. The summed E-state index contributed by atoms with van der Waals surface area (Å²) in [6.07, 6.45) is 6.76. The molecular formula is C94H92N2O14. The molecule has 0 aliphatic carbocycles. The van der Waals surface area contributed by atoms with Crippen LogP contribution in [0.4, 0.5) is 11.4 Å². The van der Waals surface area contributed by atoms with E-state index in [1.165, 1.54) is 9.80 Å². The first-order valence-electron chi connectivity index (χ1n) is 38.9. The maximum atomic E-state index is 16.9. The number of carbonyl (C=O) groups is 5. The van der Waals surface area contributed by atoms with Crippen LogP contribution in [0.15, 0.2) is 200 Å². The minimum absolute atomic E-state index is 0.0772. The van der Waals surface area contributed by atoms with Crippen LogP contribution in [-0.4, -0.2) is 62.6 Å². The van der Waals surface area contributed by atoms with Gasteiger partial charge in [0.25, 0.3) is 23.6 Å². The van der Waals surface area contributed by atoms with Crippen LogP contribution in [0.2, 0.25) is 0 Å². The van der Waals surface area contributed by atoms with Gasteiger partial charge in [0.05, 0.1) is 61.7 Å². The van der Waals surface area contributed by atoms with Crippen molar-refractivity contribution in [3.05, 3.63) is 228 Å². The van der Waals surface area contributed by atoms with E-state index in [2.05, 4.69) is 55.4 Å². The topological polar surface area (TPSA) is 175 Å². The van der Waals surface area contributed by atoms with Crippen LogP contribution in [0, 0.1) is 23.7 Å². The van der Waals surface area contributed by atoms with Gasteiger partial charge in [-0.2, -0.15) is 0 Å². The first kappa shape index (κ1) is 74.9. The second kappa shape index (κ2) is 33.3. The number of carbonyl (C=O) groups excluding carboxylic acids is 5. The van der Waals surface area contributed by atoms with E-state index in [0.717, 1.165) is 68.1 Å². The lowest BCUT2D eigenvalue weighted by atomic mass is 9.80. The molecule has 562 valence electrons. The highest BCUT2D eigenvalue weighted by Crippen LogP contribution is 2.59. The van der Waals surface area contributed by atoms with Crippen molar-refractivity contribution in [2.24, 2.45) is 23.7 Å². The quantitative estimate of drug-likeness (QED) is 0.0161. The number of anilines is 2. The summed E-state index contributed by atoms with van der Waals surface area (Å²) in [6, 6.07) is 60.1. The second-order valence-corrected chi connectivity index (χ2v) is 28.3. The van der Waals surface area contributed by atoms with Crippen LogP contribution in [0.5, 0.6) is 69.0 Å². The lowest BCUT2D eigenvalue weighted by Crippen LogP contribution is -2.41. The average molecular weight is 1470 g/mol. The van der Waals surface area contributed by atoms with Gasteiger partial charge in [-0.3, -0.25) is 24.0 Å². The third kappa shape index (κ3) is 14.7. The van der Waals surface area contributed by atoms with Gasteiger partial charge < -0.3 is 42.6 Å². The summed E-state index contributed by atoms with van der Waals surface area (Å²) in [4.78, 5) is 82.3. The molecule has 0 aromatic heterocycles. The van der Waals surface area contributed by atoms with Gasteiger partial charge >= 0.3 is 5.97 Å². The van der Waals surface area contributed by atoms with Crippen LogP contribution in [-0.2, 0) is 16.0 Å². The van der Waals surface area contributed by atoms with Crippen molar-refractivity contribution in [3.8, 4) is 80.1 Å². The molecule has 110 heavy (non-hydrogen) atoms. The highest BCUT2D eigenvalue weighted by molar-refractivity contribution is 6.48. The van der Waals surface area contributed by atoms with Crippen molar-refractivity contribution in [1.29, 1.82) is 0 Å². The number of hydrogen-bond acceptors (Lipinski definition) is 14. The molecule has 2 heterocycles. The number of imide groups is 2. The van der Waals surface area contributed by atoms with Crippen molar-refractivity contribution in [1.82, 2.24) is 0 Å². The summed E-state index contributed by atoms with van der Waals surface area (Å²) in [7, 11) is 0. The Morgan fingerprint density at radius 2 is 0.600 bits per heavy atom. The predicted octanol–water partition coefficient (Wildman–Crippen LogP) is 23.5. The molecule has 2 aliphatic heterocycles. The molecular weight excluding hydrogens is 1380 g/mol. The summed E-state index contributed by atoms with van der Waals surface area (Å²) in [5.74, 6) is 0.735. The first-order chi connectivity index (χ1) is 53.7.